The highest BCUT2D eigenvalue weighted by atomic mass is 32.2. The van der Waals surface area contributed by atoms with Gasteiger partial charge >= 0.3 is 7.60 Å². The van der Waals surface area contributed by atoms with Crippen LogP contribution in [0.4, 0.5) is 0 Å². The first-order chi connectivity index (χ1) is 4.71. The van der Waals surface area contributed by atoms with E-state index in [1.165, 1.54) is 0 Å². The molecule has 3 N–H and O–H groups in total. The van der Waals surface area contributed by atoms with E-state index in [9.17, 15) is 13.0 Å². The van der Waals surface area contributed by atoms with Gasteiger partial charge in [-0.3, -0.25) is 9.12 Å². The first-order valence-corrected chi connectivity index (χ1v) is 6.11. The van der Waals surface area contributed by atoms with E-state index in [-0.39, 0.29) is 6.42 Å². The Morgan fingerprint density at radius 1 is 1.27 bits per heavy atom. The molecule has 68 valence electrons. The van der Waals surface area contributed by atoms with Crippen LogP contribution in [0.1, 0.15) is 6.42 Å². The second kappa shape index (κ2) is 3.64. The van der Waals surface area contributed by atoms with Gasteiger partial charge in [0.05, 0.1) is 11.9 Å². The molecule has 11 heavy (non-hydrogen) atoms. The molecule has 0 radical (unpaired) electrons. The van der Waals surface area contributed by atoms with Crippen molar-refractivity contribution in [3.8, 4) is 0 Å². The fraction of sp³-hybridized carbons (Fsp3) is 1.00. The second-order valence-corrected chi connectivity index (χ2v) is 5.38. The van der Waals surface area contributed by atoms with Crippen molar-refractivity contribution < 1.29 is 27.3 Å². The van der Waals surface area contributed by atoms with Crippen molar-refractivity contribution >= 4 is 17.7 Å². The van der Waals surface area contributed by atoms with Crippen LogP contribution in [-0.2, 0) is 14.7 Å². The Morgan fingerprint density at radius 3 is 2.00 bits per heavy atom. The van der Waals surface area contributed by atoms with Crippen molar-refractivity contribution in [2.75, 3.05) is 11.9 Å². The van der Waals surface area contributed by atoms with E-state index in [4.69, 9.17) is 14.3 Å². The number of hydrogen-bond donors (Lipinski definition) is 3. The molecule has 0 aliphatic carbocycles. The minimum atomic E-state index is -4.13. The van der Waals surface area contributed by atoms with Crippen LogP contribution in [0, 0.1) is 0 Å². The smallest absolute Gasteiger partial charge is 0.324 e. The highest BCUT2D eigenvalue weighted by molar-refractivity contribution is 7.85. The quantitative estimate of drug-likeness (QED) is 0.418. The summed E-state index contributed by atoms with van der Waals surface area (Å²) in [7, 11) is -8.22. The molecule has 0 aliphatic heterocycles. The van der Waals surface area contributed by atoms with Crippen LogP contribution in [0.25, 0.3) is 0 Å². The van der Waals surface area contributed by atoms with Crippen LogP contribution < -0.4 is 0 Å². The maximum absolute atomic E-state index is 10.1. The summed E-state index contributed by atoms with van der Waals surface area (Å²) in [6, 6.07) is 0. The van der Waals surface area contributed by atoms with Gasteiger partial charge in [-0.15, -0.1) is 0 Å². The van der Waals surface area contributed by atoms with E-state index in [0.717, 1.165) is 0 Å². The molecule has 0 rings (SSSR count). The zero-order valence-corrected chi connectivity index (χ0v) is 7.25. The zero-order valence-electron chi connectivity index (χ0n) is 5.54. The Kier molecular flexibility index (Phi) is 3.66. The summed E-state index contributed by atoms with van der Waals surface area (Å²) < 4.78 is 38.3. The van der Waals surface area contributed by atoms with Crippen LogP contribution in [0.5, 0.6) is 0 Å². The summed E-state index contributed by atoms with van der Waals surface area (Å²) in [5.74, 6) is -0.613. The molecule has 0 atom stereocenters. The summed E-state index contributed by atoms with van der Waals surface area (Å²) in [4.78, 5) is 16.5. The third-order valence-corrected chi connectivity index (χ3v) is 2.56. The summed E-state index contributed by atoms with van der Waals surface area (Å²) in [5.41, 5.74) is 0. The van der Waals surface area contributed by atoms with Gasteiger partial charge in [-0.2, -0.15) is 8.42 Å². The molecule has 0 amide bonds. The molecule has 0 unspecified atom stereocenters. The van der Waals surface area contributed by atoms with Crippen LogP contribution >= 0.6 is 7.60 Å². The van der Waals surface area contributed by atoms with Gasteiger partial charge in [0.1, 0.15) is 0 Å². The fourth-order valence-corrected chi connectivity index (χ4v) is 1.75. The zero-order chi connectivity index (χ0) is 9.12. The van der Waals surface area contributed by atoms with Gasteiger partial charge in [-0.05, 0) is 6.42 Å². The average Bonchev–Trinajstić information content (AvgIpc) is 1.55. The third-order valence-electron chi connectivity index (χ3n) is 0.852. The second-order valence-electron chi connectivity index (χ2n) is 2.03. The summed E-state index contributed by atoms with van der Waals surface area (Å²) in [6.45, 7) is 0. The van der Waals surface area contributed by atoms with Gasteiger partial charge < -0.3 is 9.79 Å². The Labute approximate surface area is 64.1 Å². The van der Waals surface area contributed by atoms with Gasteiger partial charge in [0.15, 0.2) is 0 Å². The van der Waals surface area contributed by atoms with Crippen molar-refractivity contribution in [2.45, 2.75) is 6.42 Å². The predicted octanol–water partition coefficient (Wildman–Crippen LogP) is -0.558. The normalized spacial score (nSPS) is 13.4. The monoisotopic (exact) mass is 204 g/mol. The SMILES string of the molecule is O=P(O)(O)CCCS(=O)(=O)O. The Morgan fingerprint density at radius 2 is 1.73 bits per heavy atom. The summed E-state index contributed by atoms with van der Waals surface area (Å²) >= 11 is 0. The molecule has 0 aromatic carbocycles. The van der Waals surface area contributed by atoms with Crippen molar-refractivity contribution in [3.05, 3.63) is 0 Å². The number of hydrogen-bond acceptors (Lipinski definition) is 3. The molecule has 0 fully saturated rings. The third kappa shape index (κ3) is 10.1. The lowest BCUT2D eigenvalue weighted by atomic mass is 10.6. The Hall–Kier alpha value is 0.0600. The Bertz CT molecular complexity index is 249. The van der Waals surface area contributed by atoms with Gasteiger partial charge in [0, 0.05) is 0 Å². The van der Waals surface area contributed by atoms with Gasteiger partial charge in [-0.25, -0.2) is 0 Å². The molecule has 0 bridgehead atoms. The minimum absolute atomic E-state index is 0.233. The molecule has 0 saturated carbocycles. The van der Waals surface area contributed by atoms with Crippen LogP contribution in [0.2, 0.25) is 0 Å². The average molecular weight is 204 g/mol. The lowest BCUT2D eigenvalue weighted by Crippen LogP contribution is -2.05. The molecule has 0 aliphatic rings. The van der Waals surface area contributed by atoms with Gasteiger partial charge in [0.2, 0.25) is 0 Å². The molecule has 0 aromatic heterocycles. The Balaban J connectivity index is 3.70. The molecule has 0 aromatic rings. The van der Waals surface area contributed by atoms with E-state index >= 15 is 0 Å². The maximum Gasteiger partial charge on any atom is 0.325 e. The molecule has 0 saturated heterocycles. The standard InChI is InChI=1S/C3H9O6PS/c4-10(5,6)2-1-3-11(7,8)9/h1-3H2,(H2,4,5,6)(H,7,8,9). The van der Waals surface area contributed by atoms with Gasteiger partial charge in [-0.1, -0.05) is 0 Å². The molecule has 0 spiro atoms. The predicted molar refractivity (Wildman–Crippen MR) is 37.9 cm³/mol. The fourth-order valence-electron chi connectivity index (χ4n) is 0.453. The topological polar surface area (TPSA) is 112 Å². The van der Waals surface area contributed by atoms with Crippen molar-refractivity contribution in [1.29, 1.82) is 0 Å². The first-order valence-electron chi connectivity index (χ1n) is 2.70. The lowest BCUT2D eigenvalue weighted by Gasteiger charge is -2.00. The molecular formula is C3H9O6PS. The van der Waals surface area contributed by atoms with Crippen LogP contribution in [-0.4, -0.2) is 34.7 Å². The van der Waals surface area contributed by atoms with E-state index in [0.29, 0.717) is 0 Å². The largest absolute Gasteiger partial charge is 0.325 e. The lowest BCUT2D eigenvalue weighted by molar-refractivity contribution is 0.372. The highest BCUT2D eigenvalue weighted by Crippen LogP contribution is 2.34. The van der Waals surface area contributed by atoms with Crippen molar-refractivity contribution in [3.63, 3.8) is 0 Å². The first kappa shape index (κ1) is 11.1. The van der Waals surface area contributed by atoms with E-state index in [2.05, 4.69) is 0 Å². The van der Waals surface area contributed by atoms with Gasteiger partial charge in [0.25, 0.3) is 10.1 Å². The molecule has 6 nitrogen and oxygen atoms in total. The van der Waals surface area contributed by atoms with Crippen LogP contribution in [0.15, 0.2) is 0 Å². The minimum Gasteiger partial charge on any atom is -0.324 e. The highest BCUT2D eigenvalue weighted by Gasteiger charge is 2.14. The van der Waals surface area contributed by atoms with Crippen molar-refractivity contribution in [2.24, 2.45) is 0 Å². The molecule has 8 heteroatoms. The van der Waals surface area contributed by atoms with E-state index < -0.39 is 29.6 Å². The molecule has 0 heterocycles. The van der Waals surface area contributed by atoms with Crippen LogP contribution in [0.3, 0.4) is 0 Å². The number of rotatable bonds is 4. The van der Waals surface area contributed by atoms with E-state index in [1.807, 2.05) is 0 Å². The van der Waals surface area contributed by atoms with Crippen molar-refractivity contribution in [1.82, 2.24) is 0 Å². The van der Waals surface area contributed by atoms with E-state index in [1.54, 1.807) is 0 Å². The summed E-state index contributed by atoms with van der Waals surface area (Å²) in [5, 5.41) is 0. The maximum atomic E-state index is 10.1. The molecular weight excluding hydrogens is 195 g/mol. The summed E-state index contributed by atoms with van der Waals surface area (Å²) in [6.07, 6.45) is -0.754.